The van der Waals surface area contributed by atoms with Crippen LogP contribution in [-0.2, 0) is 9.59 Å². The van der Waals surface area contributed by atoms with Crippen molar-refractivity contribution in [3.63, 3.8) is 0 Å². The maximum atomic E-state index is 13.8. The van der Waals surface area contributed by atoms with Gasteiger partial charge in [-0.3, -0.25) is 14.5 Å². The molecule has 1 N–H and O–H groups in total. The van der Waals surface area contributed by atoms with Crippen molar-refractivity contribution in [1.29, 1.82) is 0 Å². The summed E-state index contributed by atoms with van der Waals surface area (Å²) in [6, 6.07) is 14.5. The summed E-state index contributed by atoms with van der Waals surface area (Å²) in [6.07, 6.45) is 0. The van der Waals surface area contributed by atoms with Gasteiger partial charge < -0.3 is 19.3 Å². The third-order valence-corrected chi connectivity index (χ3v) is 7.25. The standard InChI is InChI=1S/C27H19FN2O6S/c1-34-17-7-8-18-21(13-17)37-27(29-18)30-23(14-2-5-16(28)6-3-14)22(25(32)26(30)33)24(31)15-4-9-19-20(12-15)36-11-10-35-19/h2-9,12-13,23,31H,10-11H2,1H3. The fourth-order valence-corrected chi connectivity index (χ4v) is 5.48. The zero-order valence-electron chi connectivity index (χ0n) is 19.4. The van der Waals surface area contributed by atoms with Gasteiger partial charge in [-0.2, -0.15) is 0 Å². The van der Waals surface area contributed by atoms with Crippen LogP contribution in [0.25, 0.3) is 16.0 Å². The average Bonchev–Trinajstić information content (AvgIpc) is 3.46. The predicted octanol–water partition coefficient (Wildman–Crippen LogP) is 4.84. The van der Waals surface area contributed by atoms with Gasteiger partial charge in [0.25, 0.3) is 5.78 Å². The van der Waals surface area contributed by atoms with E-state index in [-0.39, 0.29) is 22.0 Å². The normalized spacial score (nSPS) is 18.4. The van der Waals surface area contributed by atoms with Crippen molar-refractivity contribution in [3.05, 3.63) is 83.2 Å². The van der Waals surface area contributed by atoms with Crippen LogP contribution in [0.5, 0.6) is 17.2 Å². The molecule has 4 aromatic rings. The number of thiazole rings is 1. The first-order chi connectivity index (χ1) is 17.9. The Morgan fingerprint density at radius 3 is 2.57 bits per heavy atom. The molecule has 3 aromatic carbocycles. The molecule has 0 saturated carbocycles. The number of nitrogens with zero attached hydrogens (tertiary/aromatic N) is 2. The Hall–Kier alpha value is -4.44. The molecule has 1 unspecified atom stereocenters. The average molecular weight is 519 g/mol. The van der Waals surface area contributed by atoms with E-state index >= 15 is 0 Å². The second kappa shape index (κ2) is 8.90. The number of fused-ring (bicyclic) bond motifs is 2. The SMILES string of the molecule is COc1ccc2nc(N3C(=O)C(=O)C(=C(O)c4ccc5c(c4)OCCO5)C3c3ccc(F)cc3)sc2c1. The molecule has 1 amide bonds. The van der Waals surface area contributed by atoms with E-state index in [4.69, 9.17) is 14.2 Å². The molecule has 0 spiro atoms. The highest BCUT2D eigenvalue weighted by atomic mass is 32.1. The Bertz CT molecular complexity index is 1600. The van der Waals surface area contributed by atoms with Crippen LogP contribution in [0.15, 0.2) is 66.2 Å². The molecule has 2 aliphatic heterocycles. The van der Waals surface area contributed by atoms with Crippen LogP contribution >= 0.6 is 11.3 Å². The van der Waals surface area contributed by atoms with Crippen LogP contribution in [0.2, 0.25) is 0 Å². The molecule has 1 fully saturated rings. The van der Waals surface area contributed by atoms with Gasteiger partial charge >= 0.3 is 5.91 Å². The van der Waals surface area contributed by atoms with E-state index in [9.17, 15) is 19.1 Å². The Balaban J connectivity index is 1.52. The minimum absolute atomic E-state index is 0.134. The molecule has 186 valence electrons. The van der Waals surface area contributed by atoms with E-state index in [1.54, 1.807) is 43.5 Å². The lowest BCUT2D eigenvalue weighted by Gasteiger charge is -2.23. The van der Waals surface area contributed by atoms with Crippen molar-refractivity contribution in [2.45, 2.75) is 6.04 Å². The van der Waals surface area contributed by atoms with Crippen molar-refractivity contribution in [3.8, 4) is 17.2 Å². The molecule has 6 rings (SSSR count). The summed E-state index contributed by atoms with van der Waals surface area (Å²) < 4.78 is 31.0. The van der Waals surface area contributed by atoms with Gasteiger partial charge in [0.05, 0.1) is 28.9 Å². The van der Waals surface area contributed by atoms with Crippen LogP contribution in [0, 0.1) is 5.82 Å². The number of carbonyl (C=O) groups is 2. The van der Waals surface area contributed by atoms with Gasteiger partial charge in [-0.15, -0.1) is 0 Å². The van der Waals surface area contributed by atoms with E-state index in [0.717, 1.165) is 4.70 Å². The van der Waals surface area contributed by atoms with Gasteiger partial charge in [-0.25, -0.2) is 9.37 Å². The summed E-state index contributed by atoms with van der Waals surface area (Å²) in [7, 11) is 1.55. The zero-order chi connectivity index (χ0) is 25.7. The number of aromatic nitrogens is 1. The molecule has 1 aromatic heterocycles. The highest BCUT2D eigenvalue weighted by Crippen LogP contribution is 2.45. The summed E-state index contributed by atoms with van der Waals surface area (Å²) in [5.74, 6) is -1.02. The van der Waals surface area contributed by atoms with Crippen LogP contribution in [0.1, 0.15) is 17.2 Å². The quantitative estimate of drug-likeness (QED) is 0.235. The van der Waals surface area contributed by atoms with Crippen LogP contribution < -0.4 is 19.1 Å². The molecule has 0 bridgehead atoms. The lowest BCUT2D eigenvalue weighted by atomic mass is 9.95. The van der Waals surface area contributed by atoms with E-state index in [1.807, 2.05) is 0 Å². The summed E-state index contributed by atoms with van der Waals surface area (Å²) in [5, 5.41) is 11.6. The lowest BCUT2D eigenvalue weighted by molar-refractivity contribution is -0.132. The van der Waals surface area contributed by atoms with Gasteiger partial charge in [-0.1, -0.05) is 23.5 Å². The third-order valence-electron chi connectivity index (χ3n) is 6.24. The number of halogens is 1. The fraction of sp³-hybridized carbons (Fsp3) is 0.148. The molecule has 8 nitrogen and oxygen atoms in total. The summed E-state index contributed by atoms with van der Waals surface area (Å²) in [6.45, 7) is 0.752. The monoisotopic (exact) mass is 518 g/mol. The summed E-state index contributed by atoms with van der Waals surface area (Å²) >= 11 is 1.21. The number of hydrogen-bond acceptors (Lipinski definition) is 8. The molecule has 1 saturated heterocycles. The highest BCUT2D eigenvalue weighted by Gasteiger charge is 2.48. The minimum atomic E-state index is -1.03. The van der Waals surface area contributed by atoms with Crippen molar-refractivity contribution < 1.29 is 33.3 Å². The predicted molar refractivity (Wildman–Crippen MR) is 135 cm³/mol. The highest BCUT2D eigenvalue weighted by molar-refractivity contribution is 7.22. The maximum absolute atomic E-state index is 13.8. The topological polar surface area (TPSA) is 98.2 Å². The lowest BCUT2D eigenvalue weighted by Crippen LogP contribution is -2.29. The molecule has 0 radical (unpaired) electrons. The van der Waals surface area contributed by atoms with Gasteiger partial charge in [-0.05, 0) is 54.1 Å². The Morgan fingerprint density at radius 1 is 1.05 bits per heavy atom. The first-order valence-electron chi connectivity index (χ1n) is 11.4. The fourth-order valence-electron chi connectivity index (χ4n) is 4.46. The van der Waals surface area contributed by atoms with E-state index in [2.05, 4.69) is 4.98 Å². The number of ketones is 1. The number of anilines is 1. The number of aliphatic hydroxyl groups is 1. The summed E-state index contributed by atoms with van der Waals surface area (Å²) in [5.41, 5.74) is 1.21. The molecular formula is C27H19FN2O6S. The number of benzene rings is 3. The van der Waals surface area contributed by atoms with Crippen molar-refractivity contribution >= 4 is 44.1 Å². The van der Waals surface area contributed by atoms with Crippen molar-refractivity contribution in [2.24, 2.45) is 0 Å². The number of Topliss-reactive ketones (excluding diaryl/α,β-unsaturated/α-hetero) is 1. The maximum Gasteiger partial charge on any atom is 0.301 e. The second-order valence-corrected chi connectivity index (χ2v) is 9.42. The van der Waals surface area contributed by atoms with Crippen LogP contribution in [0.3, 0.4) is 0 Å². The van der Waals surface area contributed by atoms with Gasteiger partial charge in [0, 0.05) is 5.56 Å². The second-order valence-electron chi connectivity index (χ2n) is 8.41. The first kappa shape index (κ1) is 23.0. The number of rotatable bonds is 4. The molecule has 2 aliphatic rings. The molecule has 3 heterocycles. The van der Waals surface area contributed by atoms with Crippen LogP contribution in [0.4, 0.5) is 9.52 Å². The smallest absolute Gasteiger partial charge is 0.301 e. The van der Waals surface area contributed by atoms with Crippen molar-refractivity contribution in [1.82, 2.24) is 4.98 Å². The number of amides is 1. The first-order valence-corrected chi connectivity index (χ1v) is 12.2. The molecule has 1 atom stereocenters. The van der Waals surface area contributed by atoms with Gasteiger partial charge in [0.15, 0.2) is 16.6 Å². The Kier molecular flexibility index (Phi) is 5.53. The summed E-state index contributed by atoms with van der Waals surface area (Å²) in [4.78, 5) is 32.6. The minimum Gasteiger partial charge on any atom is -0.507 e. The number of ether oxygens (including phenoxy) is 3. The zero-order valence-corrected chi connectivity index (χ0v) is 20.3. The van der Waals surface area contributed by atoms with Gasteiger partial charge in [0.2, 0.25) is 0 Å². The number of aliphatic hydroxyl groups excluding tert-OH is 1. The number of hydrogen-bond donors (Lipinski definition) is 1. The van der Waals surface area contributed by atoms with E-state index in [0.29, 0.717) is 41.5 Å². The molecule has 0 aliphatic carbocycles. The molecule has 10 heteroatoms. The largest absolute Gasteiger partial charge is 0.507 e. The van der Waals surface area contributed by atoms with Gasteiger partial charge in [0.1, 0.15) is 30.5 Å². The number of carbonyl (C=O) groups excluding carboxylic acids is 2. The molecular weight excluding hydrogens is 499 g/mol. The Labute approximate surface area is 214 Å². The van der Waals surface area contributed by atoms with Crippen LogP contribution in [-0.4, -0.2) is 42.1 Å². The van der Waals surface area contributed by atoms with E-state index < -0.39 is 23.5 Å². The number of methoxy groups -OCH3 is 1. The third kappa shape index (κ3) is 3.86. The van der Waals surface area contributed by atoms with E-state index in [1.165, 1.54) is 40.5 Å². The van der Waals surface area contributed by atoms with Crippen molar-refractivity contribution in [2.75, 3.05) is 25.2 Å². The Morgan fingerprint density at radius 2 is 1.81 bits per heavy atom. The molecule has 37 heavy (non-hydrogen) atoms.